The fraction of sp³-hybridized carbons (Fsp3) is 0.0526. The lowest BCUT2D eigenvalue weighted by atomic mass is 9.91. The van der Waals surface area contributed by atoms with Crippen LogP contribution in [-0.2, 0) is 0 Å². The van der Waals surface area contributed by atoms with Gasteiger partial charge in [0, 0.05) is 21.5 Å². The quantitative estimate of drug-likeness (QED) is 0.597. The van der Waals surface area contributed by atoms with Crippen molar-refractivity contribution in [2.45, 2.75) is 6.92 Å². The maximum atomic E-state index is 9.57. The molecular weight excluding hydrogens is 256 g/mol. The van der Waals surface area contributed by atoms with Crippen molar-refractivity contribution in [2.75, 3.05) is 0 Å². The number of fused-ring (bicyclic) bond motifs is 2. The lowest BCUT2D eigenvalue weighted by Crippen LogP contribution is -1.90. The van der Waals surface area contributed by atoms with Gasteiger partial charge in [-0.25, -0.2) is 0 Å². The number of hydrogen-bond donors (Lipinski definition) is 0. The van der Waals surface area contributed by atoms with Gasteiger partial charge in [0.05, 0.1) is 11.1 Å². The molecule has 3 rings (SSSR count). The van der Waals surface area contributed by atoms with Crippen LogP contribution in [0.2, 0.25) is 0 Å². The summed E-state index contributed by atoms with van der Waals surface area (Å²) in [5.74, 6) is 0. The molecule has 3 aromatic rings. The second-order valence-corrected chi connectivity index (χ2v) is 4.82. The van der Waals surface area contributed by atoms with Gasteiger partial charge in [0.1, 0.15) is 12.1 Å². The topological polar surface area (TPSA) is 47.6 Å². The molecule has 0 saturated heterocycles. The average molecular weight is 268 g/mol. The third-order valence-electron chi connectivity index (χ3n) is 3.63. The molecule has 0 bridgehead atoms. The molecule has 0 aliphatic rings. The molecule has 0 amide bonds. The van der Waals surface area contributed by atoms with Crippen molar-refractivity contribution in [3.05, 3.63) is 65.2 Å². The number of nitriles is 2. The van der Waals surface area contributed by atoms with Crippen molar-refractivity contribution in [3.8, 4) is 12.1 Å². The van der Waals surface area contributed by atoms with Crippen LogP contribution < -0.4 is 0 Å². The van der Waals surface area contributed by atoms with Crippen molar-refractivity contribution in [2.24, 2.45) is 0 Å². The molecule has 21 heavy (non-hydrogen) atoms. The van der Waals surface area contributed by atoms with Crippen LogP contribution in [0.5, 0.6) is 0 Å². The van der Waals surface area contributed by atoms with Gasteiger partial charge in [-0.3, -0.25) is 0 Å². The molecule has 0 N–H and O–H groups in total. The van der Waals surface area contributed by atoms with E-state index >= 15 is 0 Å². The highest BCUT2D eigenvalue weighted by Gasteiger charge is 2.13. The monoisotopic (exact) mass is 268 g/mol. The van der Waals surface area contributed by atoms with Gasteiger partial charge >= 0.3 is 0 Å². The summed E-state index contributed by atoms with van der Waals surface area (Å²) in [4.78, 5) is 0. The lowest BCUT2D eigenvalue weighted by molar-refractivity contribution is 1.50. The van der Waals surface area contributed by atoms with E-state index in [0.29, 0.717) is 11.1 Å². The molecule has 0 spiro atoms. The number of hydrogen-bond acceptors (Lipinski definition) is 2. The Morgan fingerprint density at radius 3 is 1.95 bits per heavy atom. The van der Waals surface area contributed by atoms with Crippen LogP contribution in [0.15, 0.2) is 48.5 Å². The molecule has 98 valence electrons. The maximum absolute atomic E-state index is 9.57. The van der Waals surface area contributed by atoms with Crippen LogP contribution in [0.1, 0.15) is 23.6 Å². The van der Waals surface area contributed by atoms with Gasteiger partial charge in [-0.1, -0.05) is 48.6 Å². The lowest BCUT2D eigenvalue weighted by Gasteiger charge is -2.09. The van der Waals surface area contributed by atoms with Gasteiger partial charge in [-0.2, -0.15) is 10.5 Å². The van der Waals surface area contributed by atoms with E-state index in [4.69, 9.17) is 0 Å². The van der Waals surface area contributed by atoms with Gasteiger partial charge in [0.25, 0.3) is 0 Å². The molecular formula is C19H12N2. The van der Waals surface area contributed by atoms with E-state index in [2.05, 4.69) is 12.1 Å². The van der Waals surface area contributed by atoms with Gasteiger partial charge in [0.2, 0.25) is 0 Å². The summed E-state index contributed by atoms with van der Waals surface area (Å²) in [7, 11) is 0. The standard InChI is InChI=1S/C19H12N2/c1-2-5-13-8-9-16-17(10-13)19(12-21)15-7-4-3-6-14(15)18(16)11-20/h2-10H,1H3. The number of rotatable bonds is 1. The minimum Gasteiger partial charge on any atom is -0.192 e. The smallest absolute Gasteiger partial charge is 0.100 e. The van der Waals surface area contributed by atoms with E-state index in [1.165, 1.54) is 0 Å². The van der Waals surface area contributed by atoms with Crippen molar-refractivity contribution in [1.82, 2.24) is 0 Å². The molecule has 0 aliphatic heterocycles. The molecule has 2 heteroatoms. The first-order valence-corrected chi connectivity index (χ1v) is 6.71. The number of nitrogens with zero attached hydrogens (tertiary/aromatic N) is 2. The normalized spacial score (nSPS) is 10.8. The SMILES string of the molecule is CC=Cc1ccc2c(C#N)c3ccccc3c(C#N)c2c1. The Morgan fingerprint density at radius 1 is 0.810 bits per heavy atom. The molecule has 3 aromatic carbocycles. The first-order valence-electron chi connectivity index (χ1n) is 6.71. The van der Waals surface area contributed by atoms with Gasteiger partial charge < -0.3 is 0 Å². The van der Waals surface area contributed by atoms with Gasteiger partial charge in [-0.05, 0) is 18.6 Å². The summed E-state index contributed by atoms with van der Waals surface area (Å²) < 4.78 is 0. The first-order chi connectivity index (χ1) is 10.3. The third kappa shape index (κ3) is 1.95. The Bertz CT molecular complexity index is 967. The summed E-state index contributed by atoms with van der Waals surface area (Å²) in [6.07, 6.45) is 3.95. The Morgan fingerprint density at radius 2 is 1.38 bits per heavy atom. The fourth-order valence-corrected chi connectivity index (χ4v) is 2.73. The highest BCUT2D eigenvalue weighted by atomic mass is 14.3. The average Bonchev–Trinajstić information content (AvgIpc) is 2.52. The van der Waals surface area contributed by atoms with Crippen LogP contribution >= 0.6 is 0 Å². The molecule has 0 unspecified atom stereocenters. The predicted molar refractivity (Wildman–Crippen MR) is 85.6 cm³/mol. The molecule has 2 nitrogen and oxygen atoms in total. The zero-order valence-electron chi connectivity index (χ0n) is 11.6. The molecule has 0 heterocycles. The van der Waals surface area contributed by atoms with Crippen molar-refractivity contribution >= 4 is 27.6 Å². The van der Waals surface area contributed by atoms with E-state index in [-0.39, 0.29) is 0 Å². The highest BCUT2D eigenvalue weighted by molar-refractivity contribution is 6.09. The second kappa shape index (κ2) is 5.12. The predicted octanol–water partition coefficient (Wildman–Crippen LogP) is 4.77. The van der Waals surface area contributed by atoms with E-state index in [1.54, 1.807) is 0 Å². The second-order valence-electron chi connectivity index (χ2n) is 4.82. The minimum atomic E-state index is 0.631. The van der Waals surface area contributed by atoms with Crippen LogP contribution in [0.4, 0.5) is 0 Å². The van der Waals surface area contributed by atoms with E-state index in [9.17, 15) is 10.5 Å². The van der Waals surface area contributed by atoms with E-state index in [1.807, 2.05) is 61.5 Å². The minimum absolute atomic E-state index is 0.631. The summed E-state index contributed by atoms with van der Waals surface area (Å²) in [6.45, 7) is 1.95. The molecule has 0 fully saturated rings. The van der Waals surface area contributed by atoms with Gasteiger partial charge in [-0.15, -0.1) is 0 Å². The van der Waals surface area contributed by atoms with Crippen LogP contribution in [0, 0.1) is 22.7 Å². The van der Waals surface area contributed by atoms with Crippen molar-refractivity contribution in [1.29, 1.82) is 10.5 Å². The van der Waals surface area contributed by atoms with Crippen LogP contribution in [0.3, 0.4) is 0 Å². The van der Waals surface area contributed by atoms with Crippen LogP contribution in [0.25, 0.3) is 27.6 Å². The Balaban J connectivity index is 2.59. The largest absolute Gasteiger partial charge is 0.192 e. The summed E-state index contributed by atoms with van der Waals surface area (Å²) >= 11 is 0. The zero-order chi connectivity index (χ0) is 14.8. The zero-order valence-corrected chi connectivity index (χ0v) is 11.6. The van der Waals surface area contributed by atoms with Crippen molar-refractivity contribution < 1.29 is 0 Å². The molecule has 0 radical (unpaired) electrons. The fourth-order valence-electron chi connectivity index (χ4n) is 2.73. The Hall–Kier alpha value is -3.10. The third-order valence-corrected chi connectivity index (χ3v) is 3.63. The highest BCUT2D eigenvalue weighted by Crippen LogP contribution is 2.32. The van der Waals surface area contributed by atoms with E-state index < -0.39 is 0 Å². The first kappa shape index (κ1) is 12.9. The summed E-state index contributed by atoms with van der Waals surface area (Å²) in [5, 5.41) is 22.4. The Labute approximate surface area is 123 Å². The van der Waals surface area contributed by atoms with Crippen molar-refractivity contribution in [3.63, 3.8) is 0 Å². The molecule has 0 aromatic heterocycles. The summed E-state index contributed by atoms with van der Waals surface area (Å²) in [5.41, 5.74) is 2.29. The number of benzene rings is 3. The molecule has 0 atom stereocenters. The number of allylic oxidation sites excluding steroid dienone is 1. The Kier molecular flexibility index (Phi) is 3.14. The molecule has 0 saturated carbocycles. The van der Waals surface area contributed by atoms with E-state index in [0.717, 1.165) is 27.1 Å². The van der Waals surface area contributed by atoms with Gasteiger partial charge in [0.15, 0.2) is 0 Å². The van der Waals surface area contributed by atoms with Crippen LogP contribution in [-0.4, -0.2) is 0 Å². The molecule has 0 aliphatic carbocycles. The summed E-state index contributed by atoms with van der Waals surface area (Å²) in [6, 6.07) is 18.0. The maximum Gasteiger partial charge on any atom is 0.100 e.